The molecule has 0 aromatic carbocycles. The van der Waals surface area contributed by atoms with Gasteiger partial charge in [-0.1, -0.05) is 6.92 Å². The van der Waals surface area contributed by atoms with E-state index >= 15 is 0 Å². The standard InChI is InChI=1S/C9H16N2O3/c1-6-3-4-11(8(6)12)5-7(10)9(13)14-2/h6-7H,3-5,10H2,1-2H3. The fraction of sp³-hybridized carbons (Fsp3) is 0.778. The zero-order valence-corrected chi connectivity index (χ0v) is 8.53. The molecule has 2 N–H and O–H groups in total. The second kappa shape index (κ2) is 4.41. The average Bonchev–Trinajstić information content (AvgIpc) is 2.48. The largest absolute Gasteiger partial charge is 0.468 e. The highest BCUT2D eigenvalue weighted by molar-refractivity contribution is 5.82. The Kier molecular flexibility index (Phi) is 3.46. The van der Waals surface area contributed by atoms with E-state index in [0.29, 0.717) is 6.54 Å². The normalized spacial score (nSPS) is 23.8. The van der Waals surface area contributed by atoms with Crippen molar-refractivity contribution in [1.29, 1.82) is 0 Å². The minimum Gasteiger partial charge on any atom is -0.468 e. The van der Waals surface area contributed by atoms with Gasteiger partial charge in [-0.05, 0) is 6.42 Å². The van der Waals surface area contributed by atoms with Crippen LogP contribution in [0.25, 0.3) is 0 Å². The third-order valence-electron chi connectivity index (χ3n) is 2.49. The summed E-state index contributed by atoms with van der Waals surface area (Å²) in [6.07, 6.45) is 0.840. The number of carbonyl (C=O) groups excluding carboxylic acids is 2. The van der Waals surface area contributed by atoms with E-state index in [0.717, 1.165) is 6.42 Å². The second-order valence-corrected chi connectivity index (χ2v) is 3.60. The second-order valence-electron chi connectivity index (χ2n) is 3.60. The molecule has 1 aliphatic rings. The number of methoxy groups -OCH3 is 1. The van der Waals surface area contributed by atoms with Gasteiger partial charge in [0.1, 0.15) is 6.04 Å². The summed E-state index contributed by atoms with van der Waals surface area (Å²) in [5.41, 5.74) is 5.55. The van der Waals surface area contributed by atoms with Crippen LogP contribution in [0.15, 0.2) is 0 Å². The molecule has 1 saturated heterocycles. The average molecular weight is 200 g/mol. The molecule has 0 aliphatic carbocycles. The van der Waals surface area contributed by atoms with Gasteiger partial charge in [-0.3, -0.25) is 9.59 Å². The van der Waals surface area contributed by atoms with Crippen molar-refractivity contribution in [3.05, 3.63) is 0 Å². The Bertz CT molecular complexity index is 242. The van der Waals surface area contributed by atoms with Gasteiger partial charge in [0.25, 0.3) is 0 Å². The first-order valence-corrected chi connectivity index (χ1v) is 4.68. The summed E-state index contributed by atoms with van der Waals surface area (Å²) in [7, 11) is 1.29. The van der Waals surface area contributed by atoms with Crippen LogP contribution in [-0.2, 0) is 14.3 Å². The monoisotopic (exact) mass is 200 g/mol. The zero-order chi connectivity index (χ0) is 10.7. The fourth-order valence-corrected chi connectivity index (χ4v) is 1.54. The molecule has 0 aromatic heterocycles. The number of likely N-dealkylation sites (tertiary alicyclic amines) is 1. The summed E-state index contributed by atoms with van der Waals surface area (Å²) in [6, 6.07) is -0.728. The number of nitrogens with two attached hydrogens (primary N) is 1. The van der Waals surface area contributed by atoms with E-state index in [1.165, 1.54) is 7.11 Å². The van der Waals surface area contributed by atoms with Crippen molar-refractivity contribution in [2.45, 2.75) is 19.4 Å². The van der Waals surface area contributed by atoms with Gasteiger partial charge in [-0.25, -0.2) is 0 Å². The molecule has 0 aromatic rings. The molecular formula is C9H16N2O3. The smallest absolute Gasteiger partial charge is 0.324 e. The van der Waals surface area contributed by atoms with Crippen LogP contribution in [0, 0.1) is 5.92 Å². The van der Waals surface area contributed by atoms with Gasteiger partial charge in [-0.15, -0.1) is 0 Å². The maximum absolute atomic E-state index is 11.5. The molecule has 0 saturated carbocycles. The van der Waals surface area contributed by atoms with Crippen LogP contribution >= 0.6 is 0 Å². The molecule has 14 heavy (non-hydrogen) atoms. The van der Waals surface area contributed by atoms with Crippen LogP contribution in [-0.4, -0.2) is 43.0 Å². The third kappa shape index (κ3) is 2.23. The van der Waals surface area contributed by atoms with E-state index in [1.54, 1.807) is 4.90 Å². The summed E-state index contributed by atoms with van der Waals surface area (Å²) in [6.45, 7) is 2.83. The van der Waals surface area contributed by atoms with Crippen LogP contribution in [0.2, 0.25) is 0 Å². The van der Waals surface area contributed by atoms with E-state index < -0.39 is 12.0 Å². The van der Waals surface area contributed by atoms with Crippen molar-refractivity contribution in [2.75, 3.05) is 20.2 Å². The van der Waals surface area contributed by atoms with Crippen molar-refractivity contribution < 1.29 is 14.3 Å². The molecular weight excluding hydrogens is 184 g/mol. The van der Waals surface area contributed by atoms with Crippen LogP contribution in [0.4, 0.5) is 0 Å². The summed E-state index contributed by atoms with van der Waals surface area (Å²) in [5.74, 6) is -0.346. The lowest BCUT2D eigenvalue weighted by atomic mass is 10.1. The summed E-state index contributed by atoms with van der Waals surface area (Å²) in [5, 5.41) is 0. The number of nitrogens with zero attached hydrogens (tertiary/aromatic N) is 1. The molecule has 0 bridgehead atoms. The predicted molar refractivity (Wildman–Crippen MR) is 50.4 cm³/mol. The Morgan fingerprint density at radius 3 is 2.86 bits per heavy atom. The molecule has 2 unspecified atom stereocenters. The molecule has 2 atom stereocenters. The highest BCUT2D eigenvalue weighted by atomic mass is 16.5. The van der Waals surface area contributed by atoms with E-state index in [2.05, 4.69) is 4.74 Å². The number of hydrogen-bond donors (Lipinski definition) is 1. The molecule has 1 fully saturated rings. The van der Waals surface area contributed by atoms with Crippen molar-refractivity contribution >= 4 is 11.9 Å². The van der Waals surface area contributed by atoms with Gasteiger partial charge in [0.15, 0.2) is 0 Å². The minimum atomic E-state index is -0.728. The summed E-state index contributed by atoms with van der Waals surface area (Å²) >= 11 is 0. The zero-order valence-electron chi connectivity index (χ0n) is 8.53. The minimum absolute atomic E-state index is 0.0554. The lowest BCUT2D eigenvalue weighted by Crippen LogP contribution is -2.44. The molecule has 80 valence electrons. The van der Waals surface area contributed by atoms with Crippen LogP contribution in [0.1, 0.15) is 13.3 Å². The summed E-state index contributed by atoms with van der Waals surface area (Å²) < 4.78 is 4.48. The Labute approximate surface area is 83.2 Å². The SMILES string of the molecule is COC(=O)C(N)CN1CCC(C)C1=O. The molecule has 1 aliphatic heterocycles. The Hall–Kier alpha value is -1.10. The summed E-state index contributed by atoms with van der Waals surface area (Å²) in [4.78, 5) is 24.1. The molecule has 5 nitrogen and oxygen atoms in total. The third-order valence-corrected chi connectivity index (χ3v) is 2.49. The predicted octanol–water partition coefficient (Wildman–Crippen LogP) is -0.645. The molecule has 0 spiro atoms. The highest BCUT2D eigenvalue weighted by Gasteiger charge is 2.30. The van der Waals surface area contributed by atoms with Crippen molar-refractivity contribution in [1.82, 2.24) is 4.90 Å². The van der Waals surface area contributed by atoms with Crippen LogP contribution in [0.3, 0.4) is 0 Å². The van der Waals surface area contributed by atoms with Crippen molar-refractivity contribution in [3.63, 3.8) is 0 Å². The quantitative estimate of drug-likeness (QED) is 0.615. The molecule has 1 heterocycles. The fourth-order valence-electron chi connectivity index (χ4n) is 1.54. The van der Waals surface area contributed by atoms with Crippen molar-refractivity contribution in [2.24, 2.45) is 11.7 Å². The number of amides is 1. The van der Waals surface area contributed by atoms with E-state index in [1.807, 2.05) is 6.92 Å². The first kappa shape index (κ1) is 11.0. The first-order chi connectivity index (χ1) is 6.56. The highest BCUT2D eigenvalue weighted by Crippen LogP contribution is 2.16. The molecule has 0 radical (unpaired) electrons. The number of ether oxygens (including phenoxy) is 1. The van der Waals surface area contributed by atoms with Gasteiger partial charge in [0, 0.05) is 19.0 Å². The maximum atomic E-state index is 11.5. The number of esters is 1. The van der Waals surface area contributed by atoms with Gasteiger partial charge in [0.2, 0.25) is 5.91 Å². The number of rotatable bonds is 3. The Balaban J connectivity index is 2.45. The lowest BCUT2D eigenvalue weighted by Gasteiger charge is -2.19. The number of hydrogen-bond acceptors (Lipinski definition) is 4. The number of carbonyl (C=O) groups is 2. The lowest BCUT2D eigenvalue weighted by molar-refractivity contribution is -0.143. The maximum Gasteiger partial charge on any atom is 0.324 e. The Morgan fingerprint density at radius 2 is 2.43 bits per heavy atom. The Morgan fingerprint density at radius 1 is 1.79 bits per heavy atom. The van der Waals surface area contributed by atoms with Gasteiger partial charge in [-0.2, -0.15) is 0 Å². The van der Waals surface area contributed by atoms with Gasteiger partial charge >= 0.3 is 5.97 Å². The molecule has 5 heteroatoms. The van der Waals surface area contributed by atoms with Crippen LogP contribution < -0.4 is 5.73 Å². The molecule has 1 rings (SSSR count). The molecule has 1 amide bonds. The van der Waals surface area contributed by atoms with Gasteiger partial charge in [0.05, 0.1) is 7.11 Å². The van der Waals surface area contributed by atoms with Crippen molar-refractivity contribution in [3.8, 4) is 0 Å². The van der Waals surface area contributed by atoms with E-state index in [4.69, 9.17) is 5.73 Å². The van der Waals surface area contributed by atoms with Gasteiger partial charge < -0.3 is 15.4 Å². The first-order valence-electron chi connectivity index (χ1n) is 4.68. The van der Waals surface area contributed by atoms with Crippen LogP contribution in [0.5, 0.6) is 0 Å². The van der Waals surface area contributed by atoms with E-state index in [-0.39, 0.29) is 18.4 Å². The topological polar surface area (TPSA) is 72.6 Å². The van der Waals surface area contributed by atoms with E-state index in [9.17, 15) is 9.59 Å².